The van der Waals surface area contributed by atoms with E-state index < -0.39 is 17.8 Å². The van der Waals surface area contributed by atoms with Gasteiger partial charge >= 0.3 is 6.09 Å². The lowest BCUT2D eigenvalue weighted by molar-refractivity contribution is 0.0636. The first kappa shape index (κ1) is 16.8. The Balaban J connectivity index is 2.76. The Hall–Kier alpha value is -1.30. The first-order chi connectivity index (χ1) is 9.23. The van der Waals surface area contributed by atoms with Crippen LogP contribution in [0.25, 0.3) is 0 Å². The Kier molecular flexibility index (Phi) is 5.80. The van der Waals surface area contributed by atoms with Crippen LogP contribution in [0.3, 0.4) is 0 Å². The smallest absolute Gasteiger partial charge is 0.412 e. The Bertz CT molecular complexity index is 472. The summed E-state index contributed by atoms with van der Waals surface area (Å²) in [5.74, 6) is 0. The number of amides is 1. The molecule has 0 unspecified atom stereocenters. The highest BCUT2D eigenvalue weighted by molar-refractivity contribution is 6.33. The van der Waals surface area contributed by atoms with Gasteiger partial charge in [0, 0.05) is 0 Å². The molecule has 1 atom stereocenters. The Morgan fingerprint density at radius 1 is 1.50 bits per heavy atom. The summed E-state index contributed by atoms with van der Waals surface area (Å²) in [4.78, 5) is 11.6. The predicted octanol–water partition coefficient (Wildman–Crippen LogP) is 3.07. The van der Waals surface area contributed by atoms with E-state index in [-0.39, 0.29) is 0 Å². The second-order valence-electron chi connectivity index (χ2n) is 5.46. The van der Waals surface area contributed by atoms with Crippen LogP contribution in [0.5, 0.6) is 0 Å². The van der Waals surface area contributed by atoms with E-state index in [1.165, 1.54) is 0 Å². The van der Waals surface area contributed by atoms with Gasteiger partial charge in [-0.2, -0.15) is 0 Å². The van der Waals surface area contributed by atoms with E-state index in [9.17, 15) is 9.90 Å². The summed E-state index contributed by atoms with van der Waals surface area (Å²) in [6.07, 6.45) is -0.780. The molecule has 0 bridgehead atoms. The van der Waals surface area contributed by atoms with Crippen molar-refractivity contribution in [1.29, 1.82) is 0 Å². The van der Waals surface area contributed by atoms with Crippen molar-refractivity contribution in [3.05, 3.63) is 28.8 Å². The highest BCUT2D eigenvalue weighted by Gasteiger charge is 2.17. The molecule has 5 nitrogen and oxygen atoms in total. The van der Waals surface area contributed by atoms with Crippen LogP contribution in [-0.4, -0.2) is 23.3 Å². The first-order valence-corrected chi connectivity index (χ1v) is 6.78. The van der Waals surface area contributed by atoms with Gasteiger partial charge in [0.15, 0.2) is 0 Å². The van der Waals surface area contributed by atoms with Crippen LogP contribution in [0, 0.1) is 0 Å². The maximum Gasteiger partial charge on any atom is 0.412 e. The summed E-state index contributed by atoms with van der Waals surface area (Å²) in [5, 5.41) is 12.7. The maximum atomic E-state index is 11.6. The van der Waals surface area contributed by atoms with Crippen LogP contribution >= 0.6 is 11.6 Å². The molecular weight excluding hydrogens is 280 g/mol. The van der Waals surface area contributed by atoms with Crippen LogP contribution in [-0.2, 0) is 4.74 Å². The number of hydrogen-bond acceptors (Lipinski definition) is 4. The molecule has 0 aromatic heterocycles. The number of nitrogens with two attached hydrogens (primary N) is 1. The molecule has 1 aromatic carbocycles. The van der Waals surface area contributed by atoms with Crippen molar-refractivity contribution < 1.29 is 14.6 Å². The van der Waals surface area contributed by atoms with E-state index in [1.807, 2.05) is 0 Å². The van der Waals surface area contributed by atoms with Crippen LogP contribution in [0.4, 0.5) is 10.5 Å². The molecule has 0 spiro atoms. The maximum absolute atomic E-state index is 11.6. The molecule has 0 saturated heterocycles. The summed E-state index contributed by atoms with van der Waals surface area (Å²) in [5.41, 5.74) is 5.91. The van der Waals surface area contributed by atoms with Crippen molar-refractivity contribution in [2.24, 2.45) is 5.73 Å². The fourth-order valence-corrected chi connectivity index (χ4v) is 1.81. The molecule has 20 heavy (non-hydrogen) atoms. The minimum atomic E-state index is -0.659. The monoisotopic (exact) mass is 300 g/mol. The molecule has 0 aliphatic carbocycles. The zero-order valence-electron chi connectivity index (χ0n) is 11.9. The molecule has 4 N–H and O–H groups in total. The topological polar surface area (TPSA) is 84.6 Å². The van der Waals surface area contributed by atoms with Gasteiger partial charge in [-0.05, 0) is 51.4 Å². The molecule has 0 heterocycles. The van der Waals surface area contributed by atoms with Gasteiger partial charge < -0.3 is 15.6 Å². The Morgan fingerprint density at radius 2 is 2.15 bits per heavy atom. The first-order valence-electron chi connectivity index (χ1n) is 6.40. The number of halogens is 1. The zero-order valence-corrected chi connectivity index (χ0v) is 12.7. The largest absolute Gasteiger partial charge is 0.444 e. The van der Waals surface area contributed by atoms with E-state index in [1.54, 1.807) is 39.0 Å². The molecular formula is C14H21ClN2O3. The third-order valence-electron chi connectivity index (χ3n) is 2.45. The van der Waals surface area contributed by atoms with Gasteiger partial charge in [-0.25, -0.2) is 4.79 Å². The molecule has 6 heteroatoms. The van der Waals surface area contributed by atoms with E-state index in [0.29, 0.717) is 29.2 Å². The average Bonchev–Trinajstić information content (AvgIpc) is 2.29. The molecule has 1 aromatic rings. The van der Waals surface area contributed by atoms with Gasteiger partial charge in [-0.3, -0.25) is 5.32 Å². The molecule has 0 radical (unpaired) electrons. The summed E-state index contributed by atoms with van der Waals surface area (Å²) < 4.78 is 5.14. The molecule has 1 rings (SSSR count). The summed E-state index contributed by atoms with van der Waals surface area (Å²) >= 11 is 6.08. The van der Waals surface area contributed by atoms with Crippen LogP contribution in [0.15, 0.2) is 18.2 Å². The number of hydrogen-bond donors (Lipinski definition) is 3. The van der Waals surface area contributed by atoms with Crippen LogP contribution in [0.1, 0.15) is 38.9 Å². The zero-order chi connectivity index (χ0) is 15.3. The fourth-order valence-electron chi connectivity index (χ4n) is 1.58. The van der Waals surface area contributed by atoms with Gasteiger partial charge in [0.25, 0.3) is 0 Å². The van der Waals surface area contributed by atoms with Crippen molar-refractivity contribution in [1.82, 2.24) is 0 Å². The van der Waals surface area contributed by atoms with Gasteiger partial charge in [-0.1, -0.05) is 17.7 Å². The summed E-state index contributed by atoms with van der Waals surface area (Å²) in [6.45, 7) is 5.72. The van der Waals surface area contributed by atoms with Crippen molar-refractivity contribution in [2.45, 2.75) is 38.9 Å². The standard InChI is InChI=1S/C14H21ClN2O3/c1-14(2,3)20-13(19)17-11-5-4-9(8-10(11)15)12(18)6-7-16/h4-5,8,12,18H,6-7,16H2,1-3H3,(H,17,19)/t12-/m0/s1. The van der Waals surface area contributed by atoms with Gasteiger partial charge in [0.05, 0.1) is 16.8 Å². The van der Waals surface area contributed by atoms with Crippen molar-refractivity contribution in [2.75, 3.05) is 11.9 Å². The minimum absolute atomic E-state index is 0.337. The number of anilines is 1. The highest BCUT2D eigenvalue weighted by Crippen LogP contribution is 2.27. The quantitative estimate of drug-likeness (QED) is 0.798. The molecule has 1 amide bonds. The number of ether oxygens (including phenoxy) is 1. The molecule has 0 aliphatic rings. The lowest BCUT2D eigenvalue weighted by atomic mass is 10.1. The average molecular weight is 301 g/mol. The van der Waals surface area contributed by atoms with Crippen molar-refractivity contribution in [3.63, 3.8) is 0 Å². The predicted molar refractivity (Wildman–Crippen MR) is 79.9 cm³/mol. The number of rotatable bonds is 4. The van der Waals surface area contributed by atoms with Crippen molar-refractivity contribution >= 4 is 23.4 Å². The lowest BCUT2D eigenvalue weighted by Crippen LogP contribution is -2.27. The normalized spacial score (nSPS) is 12.9. The Morgan fingerprint density at radius 3 is 2.65 bits per heavy atom. The van der Waals surface area contributed by atoms with E-state index in [0.717, 1.165) is 0 Å². The third kappa shape index (κ3) is 5.36. The summed E-state index contributed by atoms with van der Waals surface area (Å²) in [7, 11) is 0. The number of nitrogens with one attached hydrogen (secondary N) is 1. The van der Waals surface area contributed by atoms with Gasteiger partial charge in [0.2, 0.25) is 0 Å². The lowest BCUT2D eigenvalue weighted by Gasteiger charge is -2.20. The highest BCUT2D eigenvalue weighted by atomic mass is 35.5. The van der Waals surface area contributed by atoms with E-state index in [2.05, 4.69) is 5.32 Å². The minimum Gasteiger partial charge on any atom is -0.444 e. The van der Waals surface area contributed by atoms with Crippen LogP contribution in [0.2, 0.25) is 5.02 Å². The molecule has 112 valence electrons. The fraction of sp³-hybridized carbons (Fsp3) is 0.500. The number of aliphatic hydroxyl groups is 1. The van der Waals surface area contributed by atoms with Crippen LogP contribution < -0.4 is 11.1 Å². The molecule has 0 fully saturated rings. The summed E-state index contributed by atoms with van der Waals surface area (Å²) in [6, 6.07) is 4.93. The molecule has 0 saturated carbocycles. The van der Waals surface area contributed by atoms with E-state index in [4.69, 9.17) is 22.1 Å². The number of carbonyl (C=O) groups excluding carboxylic acids is 1. The second-order valence-corrected chi connectivity index (χ2v) is 5.87. The molecule has 0 aliphatic heterocycles. The Labute approximate surface area is 124 Å². The SMILES string of the molecule is CC(C)(C)OC(=O)Nc1ccc([C@@H](O)CCN)cc1Cl. The number of aliphatic hydroxyl groups excluding tert-OH is 1. The van der Waals surface area contributed by atoms with E-state index >= 15 is 0 Å². The van der Waals surface area contributed by atoms with Gasteiger partial charge in [-0.15, -0.1) is 0 Å². The number of carbonyl (C=O) groups is 1. The van der Waals surface area contributed by atoms with Crippen molar-refractivity contribution in [3.8, 4) is 0 Å². The second kappa shape index (κ2) is 6.92. The number of benzene rings is 1. The van der Waals surface area contributed by atoms with Gasteiger partial charge in [0.1, 0.15) is 5.60 Å². The third-order valence-corrected chi connectivity index (χ3v) is 2.77.